The van der Waals surface area contributed by atoms with Crippen molar-refractivity contribution in [2.24, 2.45) is 11.7 Å². The molecule has 1 amide bonds. The summed E-state index contributed by atoms with van der Waals surface area (Å²) in [6.07, 6.45) is 2.47. The molecule has 4 rings (SSSR count). The van der Waals surface area contributed by atoms with Gasteiger partial charge in [0.15, 0.2) is 0 Å². The van der Waals surface area contributed by atoms with E-state index in [1.54, 1.807) is 0 Å². The van der Waals surface area contributed by atoms with E-state index in [2.05, 4.69) is 32.4 Å². The molecule has 180 valence electrons. The lowest BCUT2D eigenvalue weighted by molar-refractivity contribution is -0.137. The van der Waals surface area contributed by atoms with Gasteiger partial charge in [0.05, 0.1) is 23.7 Å². The third kappa shape index (κ3) is 5.55. The van der Waals surface area contributed by atoms with Gasteiger partial charge < -0.3 is 16.4 Å². The average Bonchev–Trinajstić information content (AvgIpc) is 2.78. The Hall–Kier alpha value is -2.46. The molecule has 1 aromatic heterocycles. The largest absolute Gasteiger partial charge is 0.416 e. The van der Waals surface area contributed by atoms with Crippen LogP contribution in [0.2, 0.25) is 0 Å². The second-order valence-corrected chi connectivity index (χ2v) is 9.16. The van der Waals surface area contributed by atoms with E-state index in [1.807, 2.05) is 0 Å². The zero-order chi connectivity index (χ0) is 23.6. The molecule has 2 fully saturated rings. The summed E-state index contributed by atoms with van der Waals surface area (Å²) in [5, 5.41) is 6.08. The molecule has 0 spiro atoms. The van der Waals surface area contributed by atoms with E-state index in [0.29, 0.717) is 23.5 Å². The molecule has 4 N–H and O–H groups in total. The summed E-state index contributed by atoms with van der Waals surface area (Å²) in [4.78, 5) is 22.8. The summed E-state index contributed by atoms with van der Waals surface area (Å²) in [5.41, 5.74) is 5.79. The van der Waals surface area contributed by atoms with Gasteiger partial charge in [-0.15, -0.1) is 0 Å². The van der Waals surface area contributed by atoms with Crippen LogP contribution in [0.1, 0.15) is 44.6 Å². The fraction of sp³-hybridized carbons (Fsp3) is 0.609. The topological polar surface area (TPSA) is 96.2 Å². The molecule has 1 aliphatic carbocycles. The van der Waals surface area contributed by atoms with Gasteiger partial charge in [0.1, 0.15) is 12.1 Å². The Labute approximate surface area is 191 Å². The van der Waals surface area contributed by atoms with Crippen LogP contribution in [-0.2, 0) is 11.0 Å². The normalized spacial score (nSPS) is 23.2. The number of amides is 1. The predicted molar refractivity (Wildman–Crippen MR) is 121 cm³/mol. The minimum Gasteiger partial charge on any atom is -0.360 e. The number of benzene rings is 1. The Bertz CT molecular complexity index is 970. The highest BCUT2D eigenvalue weighted by Gasteiger charge is 2.36. The minimum atomic E-state index is -4.46. The molecule has 1 saturated carbocycles. The van der Waals surface area contributed by atoms with E-state index < -0.39 is 11.7 Å². The fourth-order valence-corrected chi connectivity index (χ4v) is 4.95. The van der Waals surface area contributed by atoms with E-state index in [1.165, 1.54) is 25.2 Å². The first kappa shape index (κ1) is 23.7. The predicted octanol–water partition coefficient (Wildman–Crippen LogP) is 3.16. The number of nitrogens with one attached hydrogen (secondary N) is 2. The highest BCUT2D eigenvalue weighted by molar-refractivity contribution is 5.91. The van der Waals surface area contributed by atoms with Crippen LogP contribution in [0.5, 0.6) is 0 Å². The Morgan fingerprint density at radius 3 is 2.61 bits per heavy atom. The minimum absolute atomic E-state index is 0.0706. The van der Waals surface area contributed by atoms with Crippen LogP contribution in [0.15, 0.2) is 24.5 Å². The summed E-state index contributed by atoms with van der Waals surface area (Å²) >= 11 is 0. The first-order chi connectivity index (χ1) is 15.7. The molecule has 0 unspecified atom stereocenters. The van der Waals surface area contributed by atoms with Crippen molar-refractivity contribution in [3.05, 3.63) is 30.1 Å². The number of carbonyl (C=O) groups excluding carboxylic acids is 1. The Morgan fingerprint density at radius 1 is 1.21 bits per heavy atom. The third-order valence-electron chi connectivity index (χ3n) is 6.99. The van der Waals surface area contributed by atoms with Crippen molar-refractivity contribution in [1.29, 1.82) is 0 Å². The number of nitrogens with two attached hydrogens (primary N) is 1. The van der Waals surface area contributed by atoms with Gasteiger partial charge in [0.25, 0.3) is 0 Å². The number of rotatable bonds is 7. The highest BCUT2D eigenvalue weighted by Crippen LogP contribution is 2.33. The zero-order valence-corrected chi connectivity index (χ0v) is 18.7. The number of halogens is 3. The molecule has 7 nitrogen and oxygen atoms in total. The quantitative estimate of drug-likeness (QED) is 0.583. The van der Waals surface area contributed by atoms with Crippen molar-refractivity contribution in [3.63, 3.8) is 0 Å². The molecule has 2 aliphatic rings. The number of alkyl halides is 3. The molecule has 2 heterocycles. The van der Waals surface area contributed by atoms with Gasteiger partial charge in [-0.05, 0) is 56.2 Å². The molecule has 33 heavy (non-hydrogen) atoms. The Morgan fingerprint density at radius 2 is 1.94 bits per heavy atom. The van der Waals surface area contributed by atoms with Crippen molar-refractivity contribution >= 4 is 22.6 Å². The third-order valence-corrected chi connectivity index (χ3v) is 6.99. The molecule has 1 aromatic carbocycles. The number of aromatic nitrogens is 2. The van der Waals surface area contributed by atoms with Gasteiger partial charge in [-0.2, -0.15) is 13.2 Å². The molecule has 0 radical (unpaired) electrons. The number of likely N-dealkylation sites (tertiary alicyclic amines) is 1. The highest BCUT2D eigenvalue weighted by atomic mass is 19.4. The summed E-state index contributed by atoms with van der Waals surface area (Å²) in [6.45, 7) is 3.72. The van der Waals surface area contributed by atoms with E-state index in [9.17, 15) is 18.0 Å². The second-order valence-electron chi connectivity index (χ2n) is 9.16. The maximum Gasteiger partial charge on any atom is 0.416 e. The SMILES string of the molecule is CC[C@H](N)C1CCC(N2CC(NC(=O)CNc3ncnc4ccc(C(F)(F)F)cc34)C2)CC1. The summed E-state index contributed by atoms with van der Waals surface area (Å²) in [7, 11) is 0. The number of nitrogens with zero attached hydrogens (tertiary/aromatic N) is 3. The number of hydrogen-bond donors (Lipinski definition) is 3. The van der Waals surface area contributed by atoms with Crippen LogP contribution >= 0.6 is 0 Å². The van der Waals surface area contributed by atoms with Crippen molar-refractivity contribution in [3.8, 4) is 0 Å². The Kier molecular flexibility index (Phi) is 7.04. The molecule has 1 aliphatic heterocycles. The first-order valence-corrected chi connectivity index (χ1v) is 11.6. The monoisotopic (exact) mass is 464 g/mol. The second kappa shape index (κ2) is 9.80. The zero-order valence-electron chi connectivity index (χ0n) is 18.7. The van der Waals surface area contributed by atoms with Crippen LogP contribution in [0.3, 0.4) is 0 Å². The molecular weight excluding hydrogens is 433 g/mol. The lowest BCUT2D eigenvalue weighted by Crippen LogP contribution is -2.63. The number of hydrogen-bond acceptors (Lipinski definition) is 6. The molecule has 1 saturated heterocycles. The number of anilines is 1. The molecule has 2 aromatic rings. The van der Waals surface area contributed by atoms with Gasteiger partial charge in [-0.3, -0.25) is 9.69 Å². The maximum atomic E-state index is 13.1. The Balaban J connectivity index is 1.24. The fourth-order valence-electron chi connectivity index (χ4n) is 4.95. The van der Waals surface area contributed by atoms with E-state index >= 15 is 0 Å². The van der Waals surface area contributed by atoms with Crippen LogP contribution in [0.25, 0.3) is 10.9 Å². The summed E-state index contributed by atoms with van der Waals surface area (Å²) in [6, 6.07) is 4.24. The van der Waals surface area contributed by atoms with Crippen LogP contribution in [0.4, 0.5) is 19.0 Å². The number of fused-ring (bicyclic) bond motifs is 1. The molecule has 0 bridgehead atoms. The van der Waals surface area contributed by atoms with Crippen LogP contribution in [0, 0.1) is 5.92 Å². The lowest BCUT2D eigenvalue weighted by Gasteiger charge is -2.47. The van der Waals surface area contributed by atoms with Crippen molar-refractivity contribution in [2.75, 3.05) is 25.0 Å². The van der Waals surface area contributed by atoms with Gasteiger partial charge in [-0.25, -0.2) is 9.97 Å². The molecular formula is C23H31F3N6O. The maximum absolute atomic E-state index is 13.1. The van der Waals surface area contributed by atoms with Gasteiger partial charge in [-0.1, -0.05) is 6.92 Å². The van der Waals surface area contributed by atoms with Gasteiger partial charge in [0, 0.05) is 30.6 Å². The molecule has 1 atom stereocenters. The van der Waals surface area contributed by atoms with E-state index in [-0.39, 0.29) is 29.7 Å². The molecule has 10 heteroatoms. The smallest absolute Gasteiger partial charge is 0.360 e. The van der Waals surface area contributed by atoms with Crippen molar-refractivity contribution in [2.45, 2.75) is 63.3 Å². The summed E-state index contributed by atoms with van der Waals surface area (Å²) in [5.74, 6) is 0.619. The van der Waals surface area contributed by atoms with Crippen LogP contribution in [-0.4, -0.2) is 58.5 Å². The average molecular weight is 465 g/mol. The summed E-state index contributed by atoms with van der Waals surface area (Å²) < 4.78 is 39.2. The van der Waals surface area contributed by atoms with Gasteiger partial charge >= 0.3 is 6.18 Å². The van der Waals surface area contributed by atoms with E-state index in [0.717, 1.165) is 44.5 Å². The first-order valence-electron chi connectivity index (χ1n) is 11.6. The number of carbonyl (C=O) groups is 1. The standard InChI is InChI=1S/C23H31F3N6O/c1-2-19(27)14-3-6-17(7-4-14)32-11-16(12-32)31-21(33)10-28-22-18-9-15(23(24,25)26)5-8-20(18)29-13-30-22/h5,8-9,13-14,16-17,19H,2-4,6-7,10-12,27H2,1H3,(H,31,33)(H,28,29,30)/t14?,17?,19-/m0/s1. The van der Waals surface area contributed by atoms with Crippen molar-refractivity contribution in [1.82, 2.24) is 20.2 Å². The lowest BCUT2D eigenvalue weighted by atomic mass is 9.79. The van der Waals surface area contributed by atoms with E-state index in [4.69, 9.17) is 5.73 Å². The van der Waals surface area contributed by atoms with Gasteiger partial charge in [0.2, 0.25) is 5.91 Å². The van der Waals surface area contributed by atoms with Crippen molar-refractivity contribution < 1.29 is 18.0 Å². The van der Waals surface area contributed by atoms with Crippen LogP contribution < -0.4 is 16.4 Å².